The first-order chi connectivity index (χ1) is 9.15. The Hall–Kier alpha value is -2.00. The Morgan fingerprint density at radius 1 is 1.26 bits per heavy atom. The first kappa shape index (κ1) is 13.4. The van der Waals surface area contributed by atoms with Crippen LogP contribution >= 0.6 is 11.6 Å². The van der Waals surface area contributed by atoms with Gasteiger partial charge < -0.3 is 9.84 Å². The Kier molecular flexibility index (Phi) is 4.07. The fourth-order valence-electron chi connectivity index (χ4n) is 1.80. The van der Waals surface area contributed by atoms with Crippen LogP contribution in [0.1, 0.15) is 17.3 Å². The second-order valence-electron chi connectivity index (χ2n) is 3.97. The predicted octanol–water partition coefficient (Wildman–Crippen LogP) is 3.92. The molecular formula is C15H13ClO3. The Balaban J connectivity index is 2.44. The second kappa shape index (κ2) is 5.76. The number of carbonyl (C=O) groups excluding carboxylic acids is 1. The van der Waals surface area contributed by atoms with Crippen LogP contribution in [0.25, 0.3) is 11.1 Å². The van der Waals surface area contributed by atoms with Gasteiger partial charge in [0.15, 0.2) is 6.29 Å². The van der Waals surface area contributed by atoms with Gasteiger partial charge in [0, 0.05) is 5.56 Å². The summed E-state index contributed by atoms with van der Waals surface area (Å²) in [5.41, 5.74) is 1.80. The van der Waals surface area contributed by atoms with E-state index in [1.165, 1.54) is 6.07 Å². The van der Waals surface area contributed by atoms with Gasteiger partial charge in [-0.25, -0.2) is 0 Å². The van der Waals surface area contributed by atoms with Gasteiger partial charge in [-0.1, -0.05) is 17.7 Å². The molecule has 0 bridgehead atoms. The Morgan fingerprint density at radius 2 is 2.05 bits per heavy atom. The van der Waals surface area contributed by atoms with Crippen molar-refractivity contribution >= 4 is 17.9 Å². The quantitative estimate of drug-likeness (QED) is 0.861. The average molecular weight is 277 g/mol. The molecule has 4 heteroatoms. The van der Waals surface area contributed by atoms with Crippen LogP contribution in [0, 0.1) is 0 Å². The van der Waals surface area contributed by atoms with Gasteiger partial charge in [0.1, 0.15) is 11.5 Å². The number of carbonyl (C=O) groups is 1. The van der Waals surface area contributed by atoms with E-state index < -0.39 is 0 Å². The Morgan fingerprint density at radius 3 is 2.68 bits per heavy atom. The van der Waals surface area contributed by atoms with Crippen LogP contribution in [0.4, 0.5) is 0 Å². The van der Waals surface area contributed by atoms with Gasteiger partial charge in [-0.05, 0) is 42.8 Å². The van der Waals surface area contributed by atoms with Crippen LogP contribution in [0.5, 0.6) is 11.5 Å². The summed E-state index contributed by atoms with van der Waals surface area (Å²) in [6, 6.07) is 10.2. The predicted molar refractivity (Wildman–Crippen MR) is 75.1 cm³/mol. The molecule has 0 heterocycles. The highest BCUT2D eigenvalue weighted by atomic mass is 35.5. The van der Waals surface area contributed by atoms with E-state index in [-0.39, 0.29) is 11.3 Å². The molecule has 2 rings (SSSR count). The van der Waals surface area contributed by atoms with Gasteiger partial charge in [0.05, 0.1) is 17.2 Å². The zero-order chi connectivity index (χ0) is 13.8. The lowest BCUT2D eigenvalue weighted by Crippen LogP contribution is -1.91. The number of benzene rings is 2. The van der Waals surface area contributed by atoms with E-state index in [1.54, 1.807) is 18.2 Å². The maximum atomic E-state index is 10.8. The van der Waals surface area contributed by atoms with E-state index >= 15 is 0 Å². The number of rotatable bonds is 4. The molecule has 2 aromatic carbocycles. The Bertz CT molecular complexity index is 608. The molecule has 2 aromatic rings. The summed E-state index contributed by atoms with van der Waals surface area (Å²) in [7, 11) is 0. The van der Waals surface area contributed by atoms with Crippen molar-refractivity contribution in [2.45, 2.75) is 6.92 Å². The molecule has 98 valence electrons. The van der Waals surface area contributed by atoms with Crippen molar-refractivity contribution in [1.82, 2.24) is 0 Å². The van der Waals surface area contributed by atoms with Crippen LogP contribution in [0.2, 0.25) is 5.02 Å². The number of aromatic hydroxyl groups is 1. The van der Waals surface area contributed by atoms with E-state index in [0.29, 0.717) is 23.7 Å². The van der Waals surface area contributed by atoms with Gasteiger partial charge >= 0.3 is 0 Å². The summed E-state index contributed by atoms with van der Waals surface area (Å²) < 4.78 is 5.36. The normalized spacial score (nSPS) is 10.2. The van der Waals surface area contributed by atoms with E-state index in [4.69, 9.17) is 16.3 Å². The molecule has 0 radical (unpaired) electrons. The van der Waals surface area contributed by atoms with Crippen molar-refractivity contribution < 1.29 is 14.6 Å². The highest BCUT2D eigenvalue weighted by Crippen LogP contribution is 2.33. The lowest BCUT2D eigenvalue weighted by molar-refractivity contribution is 0.112. The molecule has 0 saturated carbocycles. The van der Waals surface area contributed by atoms with E-state index in [0.717, 1.165) is 11.1 Å². The number of phenolic OH excluding ortho intramolecular Hbond substituents is 1. The molecule has 0 aliphatic rings. The number of hydrogen-bond donors (Lipinski definition) is 1. The van der Waals surface area contributed by atoms with Crippen LogP contribution < -0.4 is 4.74 Å². The molecule has 0 aliphatic carbocycles. The molecule has 0 aromatic heterocycles. The minimum Gasteiger partial charge on any atom is -0.507 e. The minimum absolute atomic E-state index is 0.0409. The van der Waals surface area contributed by atoms with E-state index in [1.807, 2.05) is 19.1 Å². The zero-order valence-corrected chi connectivity index (χ0v) is 11.1. The largest absolute Gasteiger partial charge is 0.507 e. The summed E-state index contributed by atoms with van der Waals surface area (Å²) in [6.07, 6.45) is 0.612. The summed E-state index contributed by atoms with van der Waals surface area (Å²) in [5.74, 6) is 0.659. The lowest BCUT2D eigenvalue weighted by Gasteiger charge is -2.09. The fourth-order valence-corrected chi connectivity index (χ4v) is 2.08. The molecule has 19 heavy (non-hydrogen) atoms. The van der Waals surface area contributed by atoms with Crippen molar-refractivity contribution in [3.63, 3.8) is 0 Å². The van der Waals surface area contributed by atoms with Gasteiger partial charge in [-0.15, -0.1) is 0 Å². The van der Waals surface area contributed by atoms with Gasteiger partial charge in [-0.3, -0.25) is 4.79 Å². The van der Waals surface area contributed by atoms with Crippen LogP contribution in [0.15, 0.2) is 36.4 Å². The SMILES string of the molecule is CCOc1ccc(-c2ccc(O)c(C=O)c2)c(Cl)c1. The second-order valence-corrected chi connectivity index (χ2v) is 4.37. The lowest BCUT2D eigenvalue weighted by atomic mass is 10.0. The minimum atomic E-state index is -0.0409. The molecule has 0 unspecified atom stereocenters. The van der Waals surface area contributed by atoms with Crippen molar-refractivity contribution in [2.24, 2.45) is 0 Å². The molecule has 0 aliphatic heterocycles. The molecule has 0 atom stereocenters. The molecule has 0 spiro atoms. The molecule has 1 N–H and O–H groups in total. The topological polar surface area (TPSA) is 46.5 Å². The third kappa shape index (κ3) is 2.88. The summed E-state index contributed by atoms with van der Waals surface area (Å²) in [6.45, 7) is 2.47. The van der Waals surface area contributed by atoms with Gasteiger partial charge in [-0.2, -0.15) is 0 Å². The highest BCUT2D eigenvalue weighted by molar-refractivity contribution is 6.33. The third-order valence-electron chi connectivity index (χ3n) is 2.72. The average Bonchev–Trinajstić information content (AvgIpc) is 2.40. The zero-order valence-electron chi connectivity index (χ0n) is 10.4. The van der Waals surface area contributed by atoms with Crippen molar-refractivity contribution in [3.05, 3.63) is 47.0 Å². The van der Waals surface area contributed by atoms with Crippen LogP contribution in [-0.4, -0.2) is 18.0 Å². The molecule has 0 amide bonds. The number of ether oxygens (including phenoxy) is 1. The molecule has 0 fully saturated rings. The van der Waals surface area contributed by atoms with Crippen molar-refractivity contribution in [1.29, 1.82) is 0 Å². The number of hydrogen-bond acceptors (Lipinski definition) is 3. The number of phenols is 1. The van der Waals surface area contributed by atoms with Crippen molar-refractivity contribution in [3.8, 4) is 22.6 Å². The van der Waals surface area contributed by atoms with Crippen LogP contribution in [-0.2, 0) is 0 Å². The van der Waals surface area contributed by atoms with E-state index in [2.05, 4.69) is 0 Å². The highest BCUT2D eigenvalue weighted by Gasteiger charge is 2.08. The van der Waals surface area contributed by atoms with Crippen molar-refractivity contribution in [2.75, 3.05) is 6.61 Å². The summed E-state index contributed by atoms with van der Waals surface area (Å²) in [5, 5.41) is 10.0. The number of halogens is 1. The fraction of sp³-hybridized carbons (Fsp3) is 0.133. The van der Waals surface area contributed by atoms with E-state index in [9.17, 15) is 9.90 Å². The summed E-state index contributed by atoms with van der Waals surface area (Å²) in [4.78, 5) is 10.8. The first-order valence-electron chi connectivity index (χ1n) is 5.86. The van der Waals surface area contributed by atoms with Gasteiger partial charge in [0.25, 0.3) is 0 Å². The number of aldehydes is 1. The molecule has 3 nitrogen and oxygen atoms in total. The molecular weight excluding hydrogens is 264 g/mol. The summed E-state index contributed by atoms with van der Waals surface area (Å²) >= 11 is 6.20. The van der Waals surface area contributed by atoms with Gasteiger partial charge in [0.2, 0.25) is 0 Å². The standard InChI is InChI=1S/C15H13ClO3/c1-2-19-12-4-5-13(14(16)8-12)10-3-6-15(18)11(7-10)9-17/h3-9,18H,2H2,1H3. The Labute approximate surface area is 116 Å². The monoisotopic (exact) mass is 276 g/mol. The van der Waals surface area contributed by atoms with Crippen LogP contribution in [0.3, 0.4) is 0 Å². The maximum Gasteiger partial charge on any atom is 0.153 e. The smallest absolute Gasteiger partial charge is 0.153 e. The third-order valence-corrected chi connectivity index (χ3v) is 3.03. The molecule has 0 saturated heterocycles. The first-order valence-corrected chi connectivity index (χ1v) is 6.24. The maximum absolute atomic E-state index is 10.8.